The summed E-state index contributed by atoms with van der Waals surface area (Å²) in [7, 11) is -5.07. The fourth-order valence-electron chi connectivity index (χ4n) is 9.70. The molecule has 1 rings (SSSR count). The van der Waals surface area contributed by atoms with Gasteiger partial charge in [-0.1, -0.05) is 274 Å². The number of allylic oxidation sites excluding steroid dienone is 10. The van der Waals surface area contributed by atoms with Crippen molar-refractivity contribution in [2.75, 3.05) is 26.4 Å². The number of ether oxygens (including phenoxy) is 4. The van der Waals surface area contributed by atoms with Crippen LogP contribution in [0.1, 0.15) is 277 Å². The fraction of sp³-hybridized carbons (Fsp3) is 0.828. The quantitative estimate of drug-likeness (QED) is 0.0196. The summed E-state index contributed by atoms with van der Waals surface area (Å²) >= 11 is 0. The van der Waals surface area contributed by atoms with E-state index in [-0.39, 0.29) is 19.6 Å². The maximum Gasteiger partial charge on any atom is 0.397 e. The second-order valence-electron chi connectivity index (χ2n) is 21.6. The molecule has 0 spiro atoms. The number of carbonyl (C=O) groups excluding carboxylic acids is 1. The average Bonchev–Trinajstić information content (AvgIpc) is 3.42. The first kappa shape index (κ1) is 72.8. The minimum absolute atomic E-state index is 0.0338. The number of unbranched alkanes of at least 4 members (excludes halogenated alkanes) is 33. The lowest BCUT2D eigenvalue weighted by Gasteiger charge is -2.41. The summed E-state index contributed by atoms with van der Waals surface area (Å²) in [6.45, 7) is 3.92. The van der Waals surface area contributed by atoms with Crippen molar-refractivity contribution in [2.45, 2.75) is 314 Å². The van der Waals surface area contributed by atoms with Crippen LogP contribution in [0.4, 0.5) is 0 Å². The van der Waals surface area contributed by atoms with E-state index in [2.05, 4.69) is 78.8 Å². The molecule has 0 aliphatic carbocycles. The molecule has 0 aromatic rings. The molecular weight excluding hydrogens is 993 g/mol. The molecule has 6 atom stereocenters. The van der Waals surface area contributed by atoms with E-state index in [9.17, 15) is 33.1 Å². The molecule has 1 saturated heterocycles. The normalized spacial score (nSPS) is 18.9. The third-order valence-electron chi connectivity index (χ3n) is 14.4. The van der Waals surface area contributed by atoms with E-state index in [1.165, 1.54) is 173 Å². The van der Waals surface area contributed by atoms with Gasteiger partial charge in [-0.25, -0.2) is 4.18 Å². The van der Waals surface area contributed by atoms with Crippen LogP contribution in [0.3, 0.4) is 0 Å². The van der Waals surface area contributed by atoms with E-state index < -0.39 is 59.8 Å². The van der Waals surface area contributed by atoms with Crippen LogP contribution in [0.25, 0.3) is 0 Å². The van der Waals surface area contributed by atoms with Crippen LogP contribution < -0.4 is 0 Å². The van der Waals surface area contributed by atoms with Crippen molar-refractivity contribution < 1.29 is 56.2 Å². The van der Waals surface area contributed by atoms with Crippen LogP contribution in [-0.4, -0.2) is 97.5 Å². The third kappa shape index (κ3) is 47.2. The monoisotopic (exact) mass is 1110 g/mol. The van der Waals surface area contributed by atoms with Crippen molar-refractivity contribution in [1.82, 2.24) is 0 Å². The molecule has 12 nitrogen and oxygen atoms in total. The van der Waals surface area contributed by atoms with Crippen LogP contribution in [0.15, 0.2) is 60.8 Å². The molecular formula is C64H116O12S. The van der Waals surface area contributed by atoms with Crippen LogP contribution >= 0.6 is 0 Å². The van der Waals surface area contributed by atoms with Gasteiger partial charge in [0.15, 0.2) is 6.29 Å². The van der Waals surface area contributed by atoms with E-state index >= 15 is 0 Å². The van der Waals surface area contributed by atoms with Crippen molar-refractivity contribution in [3.63, 3.8) is 0 Å². The molecule has 0 bridgehead atoms. The number of carbonyl (C=O) groups is 1. The number of aliphatic hydroxyl groups is 3. The Balaban J connectivity index is 2.25. The second-order valence-corrected chi connectivity index (χ2v) is 22.7. The Hall–Kier alpha value is -2.20. The summed E-state index contributed by atoms with van der Waals surface area (Å²) in [5.74, 6) is -0.396. The summed E-state index contributed by atoms with van der Waals surface area (Å²) in [4.78, 5) is 13.0. The van der Waals surface area contributed by atoms with Gasteiger partial charge in [-0.2, -0.15) is 8.42 Å². The van der Waals surface area contributed by atoms with E-state index in [1.807, 2.05) is 0 Å². The molecule has 1 aliphatic heterocycles. The van der Waals surface area contributed by atoms with Crippen LogP contribution in [-0.2, 0) is 38.3 Å². The number of rotatable bonds is 56. The summed E-state index contributed by atoms with van der Waals surface area (Å²) in [6.07, 6.45) is 62.7. The highest BCUT2D eigenvalue weighted by molar-refractivity contribution is 7.80. The maximum absolute atomic E-state index is 13.0. The number of esters is 1. The predicted octanol–water partition coefficient (Wildman–Crippen LogP) is 16.4. The largest absolute Gasteiger partial charge is 0.457 e. The van der Waals surface area contributed by atoms with E-state index in [4.69, 9.17) is 18.9 Å². The van der Waals surface area contributed by atoms with Gasteiger partial charge in [-0.3, -0.25) is 9.35 Å². The first-order valence-electron chi connectivity index (χ1n) is 31.5. The van der Waals surface area contributed by atoms with Gasteiger partial charge >= 0.3 is 16.4 Å². The molecule has 0 aromatic heterocycles. The molecule has 1 heterocycles. The van der Waals surface area contributed by atoms with E-state index in [1.54, 1.807) is 0 Å². The zero-order chi connectivity index (χ0) is 56.0. The van der Waals surface area contributed by atoms with Gasteiger partial charge in [0, 0.05) is 13.0 Å². The van der Waals surface area contributed by atoms with E-state index in [0.29, 0.717) is 13.0 Å². The molecule has 0 amide bonds. The van der Waals surface area contributed by atoms with Crippen LogP contribution in [0.5, 0.6) is 0 Å². The summed E-state index contributed by atoms with van der Waals surface area (Å²) < 4.78 is 59.6. The SMILES string of the molecule is CC/C=C\C/C=C\C/C=C\C/C=C\C/C=C\CCCCCCCCCCCCOCC(COC1OC(CO)C(O)C(OS(=O)(=O)O)C1O)OC(=O)CCCCCCCCCCCCCCCCCCCCCCCCCC. The lowest BCUT2D eigenvalue weighted by molar-refractivity contribution is -0.301. The molecule has 1 aliphatic rings. The molecule has 0 aromatic carbocycles. The van der Waals surface area contributed by atoms with Crippen LogP contribution in [0.2, 0.25) is 0 Å². The Bertz CT molecular complexity index is 1560. The minimum atomic E-state index is -5.07. The van der Waals surface area contributed by atoms with Gasteiger partial charge in [0.2, 0.25) is 0 Å². The van der Waals surface area contributed by atoms with Crippen molar-refractivity contribution >= 4 is 16.4 Å². The lowest BCUT2D eigenvalue weighted by atomic mass is 9.99. The zero-order valence-corrected chi connectivity index (χ0v) is 49.8. The maximum atomic E-state index is 13.0. The molecule has 77 heavy (non-hydrogen) atoms. The van der Waals surface area contributed by atoms with E-state index in [0.717, 1.165) is 77.0 Å². The van der Waals surface area contributed by atoms with Crippen LogP contribution in [0, 0.1) is 0 Å². The molecule has 13 heteroatoms. The molecule has 0 saturated carbocycles. The summed E-state index contributed by atoms with van der Waals surface area (Å²) in [5, 5.41) is 30.9. The highest BCUT2D eigenvalue weighted by atomic mass is 32.3. The standard InChI is InChI=1S/C64H116O12S/c1-3-5-7-9-11-13-15-17-19-21-23-25-27-29-30-32-34-36-38-40-42-44-46-48-50-52-54-72-56-58(57-73-64-62(68)63(76-77(69,70)71)61(67)59(55-65)75-64)74-60(66)53-51-49-47-45-43-41-39-37-35-33-31-28-26-24-22-20-18-16-14-12-10-8-6-4-2/h5,7,11,13,17,19,23,25,29-30,58-59,61-65,67-68H,3-4,6,8-10,12,14-16,18,20-22,24,26-28,31-57H2,1-2H3,(H,69,70,71)/b7-5-,13-11-,19-17-,25-23-,30-29-. The van der Waals surface area contributed by atoms with Gasteiger partial charge in [0.05, 0.1) is 19.8 Å². The zero-order valence-electron chi connectivity index (χ0n) is 49.0. The topological polar surface area (TPSA) is 178 Å². The second kappa shape index (κ2) is 54.4. The van der Waals surface area contributed by atoms with Gasteiger partial charge in [-0.05, 0) is 57.8 Å². The van der Waals surface area contributed by atoms with Gasteiger partial charge in [0.1, 0.15) is 30.5 Å². The number of hydrogen-bond acceptors (Lipinski definition) is 11. The summed E-state index contributed by atoms with van der Waals surface area (Å²) in [6, 6.07) is 0. The van der Waals surface area contributed by atoms with Gasteiger partial charge in [0.25, 0.3) is 0 Å². The third-order valence-corrected chi connectivity index (χ3v) is 14.9. The first-order chi connectivity index (χ1) is 37.6. The Labute approximate surface area is 471 Å². The predicted molar refractivity (Wildman–Crippen MR) is 317 cm³/mol. The highest BCUT2D eigenvalue weighted by Gasteiger charge is 2.48. The van der Waals surface area contributed by atoms with Gasteiger partial charge in [-0.15, -0.1) is 0 Å². The minimum Gasteiger partial charge on any atom is -0.457 e. The van der Waals surface area contributed by atoms with Gasteiger partial charge < -0.3 is 34.3 Å². The molecule has 450 valence electrons. The smallest absolute Gasteiger partial charge is 0.397 e. The fourth-order valence-corrected chi connectivity index (χ4v) is 10.2. The van der Waals surface area contributed by atoms with Crippen molar-refractivity contribution in [3.05, 3.63) is 60.8 Å². The molecule has 0 radical (unpaired) electrons. The molecule has 1 fully saturated rings. The Morgan fingerprint density at radius 1 is 0.506 bits per heavy atom. The van der Waals surface area contributed by atoms with Crippen molar-refractivity contribution in [3.8, 4) is 0 Å². The van der Waals surface area contributed by atoms with Crippen molar-refractivity contribution in [1.29, 1.82) is 0 Å². The Morgan fingerprint density at radius 2 is 0.896 bits per heavy atom. The number of aliphatic hydroxyl groups excluding tert-OH is 3. The summed E-state index contributed by atoms with van der Waals surface area (Å²) in [5.41, 5.74) is 0. The van der Waals surface area contributed by atoms with Crippen molar-refractivity contribution in [2.24, 2.45) is 0 Å². The highest BCUT2D eigenvalue weighted by Crippen LogP contribution is 2.26. The average molecular weight is 1110 g/mol. The lowest BCUT2D eigenvalue weighted by Crippen LogP contribution is -2.60. The Kier molecular flexibility index (Phi) is 51.4. The molecule has 4 N–H and O–H groups in total. The number of hydrogen-bond donors (Lipinski definition) is 4. The Morgan fingerprint density at radius 3 is 1.31 bits per heavy atom. The first-order valence-corrected chi connectivity index (χ1v) is 32.9. The molecule has 6 unspecified atom stereocenters.